The molecule has 0 aliphatic carbocycles. The van der Waals surface area contributed by atoms with E-state index < -0.39 is 29.7 Å². The molecule has 92 valence electrons. The molecule has 1 heterocycles. The summed E-state index contributed by atoms with van der Waals surface area (Å²) in [6.07, 6.45) is 1.32. The van der Waals surface area contributed by atoms with Gasteiger partial charge in [0.25, 0.3) is 0 Å². The van der Waals surface area contributed by atoms with Crippen molar-refractivity contribution in [3.05, 3.63) is 25.3 Å². The molecular weight excluding hydrogens is 224 g/mol. The minimum Gasteiger partial charge on any atom is -0.456 e. The maximum absolute atomic E-state index is 11.6. The van der Waals surface area contributed by atoms with Crippen molar-refractivity contribution < 1.29 is 23.9 Å². The van der Waals surface area contributed by atoms with Crippen LogP contribution in [0.2, 0.25) is 0 Å². The van der Waals surface area contributed by atoms with Crippen LogP contribution in [-0.4, -0.2) is 36.4 Å². The van der Waals surface area contributed by atoms with Crippen molar-refractivity contribution in [2.75, 3.05) is 6.61 Å². The third-order valence-corrected chi connectivity index (χ3v) is 2.39. The standard InChI is InChI=1S/C12H14O5/c1-3-8(13)11(15)12-9(6-5-7-16-12)17-10(14)4-2/h3-4,9,12H,1-2,5-7H2. The Morgan fingerprint density at radius 2 is 1.94 bits per heavy atom. The van der Waals surface area contributed by atoms with E-state index in [0.29, 0.717) is 19.4 Å². The minimum atomic E-state index is -1.03. The van der Waals surface area contributed by atoms with E-state index in [1.807, 2.05) is 0 Å². The van der Waals surface area contributed by atoms with E-state index in [-0.39, 0.29) is 0 Å². The van der Waals surface area contributed by atoms with Gasteiger partial charge in [0.15, 0.2) is 6.10 Å². The third kappa shape index (κ3) is 3.35. The molecular formula is C12H14O5. The number of ketones is 2. The lowest BCUT2D eigenvalue weighted by molar-refractivity contribution is -0.165. The highest BCUT2D eigenvalue weighted by molar-refractivity contribution is 6.43. The molecule has 1 fully saturated rings. The average molecular weight is 238 g/mol. The number of allylic oxidation sites excluding steroid dienone is 1. The van der Waals surface area contributed by atoms with Crippen LogP contribution in [0, 0.1) is 0 Å². The predicted molar refractivity (Wildman–Crippen MR) is 59.3 cm³/mol. The number of hydrogen-bond acceptors (Lipinski definition) is 5. The summed E-state index contributed by atoms with van der Waals surface area (Å²) in [6, 6.07) is 0. The van der Waals surface area contributed by atoms with Crippen LogP contribution in [0.15, 0.2) is 25.3 Å². The summed E-state index contributed by atoms with van der Waals surface area (Å²) in [4.78, 5) is 33.9. The van der Waals surface area contributed by atoms with Crippen molar-refractivity contribution in [3.8, 4) is 0 Å². The Morgan fingerprint density at radius 3 is 2.53 bits per heavy atom. The van der Waals surface area contributed by atoms with Crippen LogP contribution in [0.25, 0.3) is 0 Å². The lowest BCUT2D eigenvalue weighted by Gasteiger charge is -2.29. The van der Waals surface area contributed by atoms with Gasteiger partial charge in [-0.25, -0.2) is 4.79 Å². The van der Waals surface area contributed by atoms with Crippen molar-refractivity contribution in [3.63, 3.8) is 0 Å². The third-order valence-electron chi connectivity index (χ3n) is 2.39. The molecule has 17 heavy (non-hydrogen) atoms. The highest BCUT2D eigenvalue weighted by Gasteiger charge is 2.36. The summed E-state index contributed by atoms with van der Waals surface area (Å²) in [5.41, 5.74) is 0. The van der Waals surface area contributed by atoms with Gasteiger partial charge in [-0.3, -0.25) is 9.59 Å². The fourth-order valence-corrected chi connectivity index (χ4v) is 1.56. The first kappa shape index (κ1) is 13.3. The number of Topliss-reactive ketones (excluding diaryl/α,β-unsaturated/α-hetero) is 1. The van der Waals surface area contributed by atoms with Crippen LogP contribution in [-0.2, 0) is 23.9 Å². The van der Waals surface area contributed by atoms with Crippen LogP contribution in [0.3, 0.4) is 0 Å². The Morgan fingerprint density at radius 1 is 1.24 bits per heavy atom. The quantitative estimate of drug-likeness (QED) is 0.398. The predicted octanol–water partition coefficient (Wildman–Crippen LogP) is 0.587. The Hall–Kier alpha value is -1.75. The van der Waals surface area contributed by atoms with Gasteiger partial charge >= 0.3 is 5.97 Å². The fraction of sp³-hybridized carbons (Fsp3) is 0.417. The van der Waals surface area contributed by atoms with Gasteiger partial charge in [0, 0.05) is 12.7 Å². The first-order valence-electron chi connectivity index (χ1n) is 5.25. The van der Waals surface area contributed by atoms with Gasteiger partial charge in [-0.05, 0) is 18.9 Å². The summed E-state index contributed by atoms with van der Waals surface area (Å²) >= 11 is 0. The Labute approximate surface area is 99.1 Å². The zero-order valence-corrected chi connectivity index (χ0v) is 9.39. The van der Waals surface area contributed by atoms with E-state index in [4.69, 9.17) is 9.47 Å². The van der Waals surface area contributed by atoms with Gasteiger partial charge in [0.2, 0.25) is 11.6 Å². The molecule has 0 aromatic heterocycles. The molecule has 1 aliphatic rings. The molecule has 0 radical (unpaired) electrons. The smallest absolute Gasteiger partial charge is 0.330 e. The number of hydrogen-bond donors (Lipinski definition) is 0. The van der Waals surface area contributed by atoms with E-state index in [2.05, 4.69) is 13.2 Å². The van der Waals surface area contributed by atoms with E-state index in [1.165, 1.54) is 0 Å². The molecule has 2 unspecified atom stereocenters. The largest absolute Gasteiger partial charge is 0.456 e. The monoisotopic (exact) mass is 238 g/mol. The molecule has 0 aromatic rings. The Bertz CT molecular complexity index is 358. The number of esters is 1. The second-order valence-electron chi connectivity index (χ2n) is 3.55. The molecule has 0 spiro atoms. The van der Waals surface area contributed by atoms with Crippen molar-refractivity contribution in [1.29, 1.82) is 0 Å². The average Bonchev–Trinajstić information content (AvgIpc) is 2.37. The second-order valence-corrected chi connectivity index (χ2v) is 3.55. The fourth-order valence-electron chi connectivity index (χ4n) is 1.56. The van der Waals surface area contributed by atoms with Gasteiger partial charge in [-0.2, -0.15) is 0 Å². The van der Waals surface area contributed by atoms with Crippen molar-refractivity contribution in [2.45, 2.75) is 25.0 Å². The summed E-state index contributed by atoms with van der Waals surface area (Å²) in [5, 5.41) is 0. The molecule has 1 rings (SSSR count). The van der Waals surface area contributed by atoms with Crippen LogP contribution in [0.1, 0.15) is 12.8 Å². The normalized spacial score (nSPS) is 23.5. The molecule has 2 atom stereocenters. The molecule has 5 heteroatoms. The summed E-state index contributed by atoms with van der Waals surface area (Å²) in [5.74, 6) is -2.11. The van der Waals surface area contributed by atoms with Crippen molar-refractivity contribution >= 4 is 17.5 Å². The van der Waals surface area contributed by atoms with E-state index >= 15 is 0 Å². The van der Waals surface area contributed by atoms with E-state index in [9.17, 15) is 14.4 Å². The van der Waals surface area contributed by atoms with Crippen molar-refractivity contribution in [2.24, 2.45) is 0 Å². The lowest BCUT2D eigenvalue weighted by Crippen LogP contribution is -2.45. The maximum atomic E-state index is 11.6. The topological polar surface area (TPSA) is 69.7 Å². The van der Waals surface area contributed by atoms with Gasteiger partial charge in [-0.15, -0.1) is 0 Å². The minimum absolute atomic E-state index is 0.364. The SMILES string of the molecule is C=CC(=O)OC1CCCOC1C(=O)C(=O)C=C. The van der Waals surface area contributed by atoms with Gasteiger partial charge in [-0.1, -0.05) is 13.2 Å². The molecule has 0 saturated carbocycles. The summed E-state index contributed by atoms with van der Waals surface area (Å²) < 4.78 is 10.2. The molecule has 0 N–H and O–H groups in total. The van der Waals surface area contributed by atoms with Crippen LogP contribution in [0.4, 0.5) is 0 Å². The molecule has 1 aliphatic heterocycles. The molecule has 0 amide bonds. The zero-order valence-electron chi connectivity index (χ0n) is 9.39. The summed E-state index contributed by atoms with van der Waals surface area (Å²) in [6.45, 7) is 6.86. The van der Waals surface area contributed by atoms with E-state index in [1.54, 1.807) is 0 Å². The highest BCUT2D eigenvalue weighted by Crippen LogP contribution is 2.19. The number of carbonyl (C=O) groups is 3. The molecule has 0 aromatic carbocycles. The first-order chi connectivity index (χ1) is 8.10. The molecule has 1 saturated heterocycles. The van der Waals surface area contributed by atoms with Crippen LogP contribution >= 0.6 is 0 Å². The Kier molecular flexibility index (Phi) is 4.78. The van der Waals surface area contributed by atoms with Gasteiger partial charge in [0.1, 0.15) is 6.10 Å². The summed E-state index contributed by atoms with van der Waals surface area (Å²) in [7, 11) is 0. The van der Waals surface area contributed by atoms with Crippen LogP contribution < -0.4 is 0 Å². The lowest BCUT2D eigenvalue weighted by atomic mass is 9.99. The number of ether oxygens (including phenoxy) is 2. The number of carbonyl (C=O) groups excluding carboxylic acids is 3. The van der Waals surface area contributed by atoms with Gasteiger partial charge < -0.3 is 9.47 Å². The zero-order chi connectivity index (χ0) is 12.8. The second kappa shape index (κ2) is 6.10. The maximum Gasteiger partial charge on any atom is 0.330 e. The van der Waals surface area contributed by atoms with Gasteiger partial charge in [0.05, 0.1) is 0 Å². The van der Waals surface area contributed by atoms with E-state index in [0.717, 1.165) is 12.2 Å². The highest BCUT2D eigenvalue weighted by atomic mass is 16.6. The number of rotatable bonds is 5. The Balaban J connectivity index is 2.75. The molecule has 0 bridgehead atoms. The molecule has 5 nitrogen and oxygen atoms in total. The first-order valence-corrected chi connectivity index (χ1v) is 5.25. The van der Waals surface area contributed by atoms with Crippen molar-refractivity contribution in [1.82, 2.24) is 0 Å². The van der Waals surface area contributed by atoms with Crippen LogP contribution in [0.5, 0.6) is 0 Å².